The van der Waals surface area contributed by atoms with Gasteiger partial charge in [-0.2, -0.15) is 4.39 Å². The first-order valence-electron chi connectivity index (χ1n) is 5.57. The van der Waals surface area contributed by atoms with E-state index in [-0.39, 0.29) is 12.1 Å². The zero-order valence-electron chi connectivity index (χ0n) is 10.2. The quantitative estimate of drug-likeness (QED) is 0.862. The molecule has 0 fully saturated rings. The average Bonchev–Trinajstić information content (AvgIpc) is 2.40. The van der Waals surface area contributed by atoms with Crippen LogP contribution < -0.4 is 5.32 Å². The molecule has 0 aliphatic rings. The molecule has 1 amide bonds. The van der Waals surface area contributed by atoms with E-state index in [1.54, 1.807) is 18.5 Å². The van der Waals surface area contributed by atoms with Gasteiger partial charge in [-0.25, -0.2) is 9.37 Å². The molecule has 0 spiro atoms. The Labute approximate surface area is 108 Å². The minimum Gasteiger partial charge on any atom is -0.348 e. The Balaban J connectivity index is 2.10. The second-order valence-corrected chi connectivity index (χ2v) is 3.95. The maximum absolute atomic E-state index is 13.3. The van der Waals surface area contributed by atoms with Crippen LogP contribution in [0.15, 0.2) is 30.7 Å². The molecule has 4 nitrogen and oxygen atoms in total. The molecule has 2 rings (SSSR count). The Hall–Kier alpha value is -2.37. The van der Waals surface area contributed by atoms with Crippen molar-refractivity contribution in [2.75, 3.05) is 0 Å². The van der Waals surface area contributed by atoms with Crippen LogP contribution in [0.1, 0.15) is 21.5 Å². The van der Waals surface area contributed by atoms with Gasteiger partial charge in [-0.05, 0) is 30.2 Å². The maximum atomic E-state index is 13.3. The predicted octanol–water partition coefficient (Wildman–Crippen LogP) is 1.99. The van der Waals surface area contributed by atoms with Crippen molar-refractivity contribution in [3.63, 3.8) is 0 Å². The molecule has 0 aliphatic heterocycles. The van der Waals surface area contributed by atoms with E-state index in [0.29, 0.717) is 0 Å². The number of amides is 1. The highest BCUT2D eigenvalue weighted by atomic mass is 19.2. The average molecular weight is 263 g/mol. The maximum Gasteiger partial charge on any atom is 0.254 e. The summed E-state index contributed by atoms with van der Waals surface area (Å²) in [5.74, 6) is -3.21. The van der Waals surface area contributed by atoms with Crippen molar-refractivity contribution in [3.05, 3.63) is 59.2 Å². The van der Waals surface area contributed by atoms with Gasteiger partial charge in [-0.3, -0.25) is 9.78 Å². The van der Waals surface area contributed by atoms with Gasteiger partial charge in [0.1, 0.15) is 0 Å². The molecule has 2 heterocycles. The number of rotatable bonds is 3. The van der Waals surface area contributed by atoms with Crippen LogP contribution in [-0.2, 0) is 6.54 Å². The summed E-state index contributed by atoms with van der Waals surface area (Å²) in [7, 11) is 0. The summed E-state index contributed by atoms with van der Waals surface area (Å²) >= 11 is 0. The zero-order chi connectivity index (χ0) is 13.8. The van der Waals surface area contributed by atoms with Crippen LogP contribution in [0.25, 0.3) is 0 Å². The number of hydrogen-bond acceptors (Lipinski definition) is 3. The van der Waals surface area contributed by atoms with E-state index in [4.69, 9.17) is 0 Å². The Morgan fingerprint density at radius 3 is 2.84 bits per heavy atom. The van der Waals surface area contributed by atoms with Crippen LogP contribution in [0.4, 0.5) is 8.78 Å². The Kier molecular flexibility index (Phi) is 3.79. The van der Waals surface area contributed by atoms with Crippen molar-refractivity contribution in [2.24, 2.45) is 0 Å². The van der Waals surface area contributed by atoms with Crippen LogP contribution in [0, 0.1) is 18.7 Å². The van der Waals surface area contributed by atoms with E-state index >= 15 is 0 Å². The van der Waals surface area contributed by atoms with E-state index in [9.17, 15) is 13.6 Å². The lowest BCUT2D eigenvalue weighted by atomic mass is 10.1. The molecule has 0 saturated heterocycles. The van der Waals surface area contributed by atoms with Gasteiger partial charge in [0.15, 0.2) is 5.82 Å². The second kappa shape index (κ2) is 5.51. The smallest absolute Gasteiger partial charge is 0.254 e. The van der Waals surface area contributed by atoms with Crippen molar-refractivity contribution in [3.8, 4) is 0 Å². The Morgan fingerprint density at radius 1 is 1.32 bits per heavy atom. The van der Waals surface area contributed by atoms with Gasteiger partial charge in [-0.15, -0.1) is 0 Å². The minimum absolute atomic E-state index is 0.219. The molecule has 0 bridgehead atoms. The van der Waals surface area contributed by atoms with Crippen molar-refractivity contribution in [1.29, 1.82) is 0 Å². The SMILES string of the molecule is Cc1cnccc1CNC(=O)c1ccnc(F)c1F. The van der Waals surface area contributed by atoms with Gasteiger partial charge >= 0.3 is 0 Å². The lowest BCUT2D eigenvalue weighted by molar-refractivity contribution is 0.0945. The van der Waals surface area contributed by atoms with E-state index in [2.05, 4.69) is 15.3 Å². The minimum atomic E-state index is -1.28. The standard InChI is InChI=1S/C13H11F2N3O/c1-8-6-16-4-2-9(8)7-18-13(19)10-3-5-17-12(15)11(10)14/h2-6H,7H2,1H3,(H,18,19). The number of aromatic nitrogens is 2. The molecule has 2 aromatic heterocycles. The molecule has 0 unspecified atom stereocenters. The number of carbonyl (C=O) groups excluding carboxylic acids is 1. The van der Waals surface area contributed by atoms with Gasteiger partial charge in [-0.1, -0.05) is 0 Å². The number of aryl methyl sites for hydroxylation is 1. The number of nitrogens with zero attached hydrogens (tertiary/aromatic N) is 2. The normalized spacial score (nSPS) is 10.3. The van der Waals surface area contributed by atoms with Gasteiger partial charge in [0.05, 0.1) is 5.56 Å². The van der Waals surface area contributed by atoms with Crippen molar-refractivity contribution < 1.29 is 13.6 Å². The van der Waals surface area contributed by atoms with Crippen LogP contribution >= 0.6 is 0 Å². The van der Waals surface area contributed by atoms with Gasteiger partial charge in [0.25, 0.3) is 5.91 Å². The summed E-state index contributed by atoms with van der Waals surface area (Å²) in [6.45, 7) is 2.07. The van der Waals surface area contributed by atoms with Crippen molar-refractivity contribution >= 4 is 5.91 Å². The molecule has 1 N–H and O–H groups in total. The fourth-order valence-corrected chi connectivity index (χ4v) is 1.56. The van der Waals surface area contributed by atoms with Crippen LogP contribution in [0.5, 0.6) is 0 Å². The first-order chi connectivity index (χ1) is 9.09. The molecule has 19 heavy (non-hydrogen) atoms. The molecular weight excluding hydrogens is 252 g/mol. The molecule has 0 aromatic carbocycles. The lowest BCUT2D eigenvalue weighted by Gasteiger charge is -2.08. The molecule has 0 aliphatic carbocycles. The van der Waals surface area contributed by atoms with E-state index in [0.717, 1.165) is 23.4 Å². The lowest BCUT2D eigenvalue weighted by Crippen LogP contribution is -2.24. The van der Waals surface area contributed by atoms with Crippen molar-refractivity contribution in [2.45, 2.75) is 13.5 Å². The fourth-order valence-electron chi connectivity index (χ4n) is 1.56. The van der Waals surface area contributed by atoms with Gasteiger partial charge in [0.2, 0.25) is 5.95 Å². The molecule has 2 aromatic rings. The Bertz CT molecular complexity index is 617. The number of carbonyl (C=O) groups is 1. The molecular formula is C13H11F2N3O. The number of hydrogen-bond donors (Lipinski definition) is 1. The summed E-state index contributed by atoms with van der Waals surface area (Å²) in [5, 5.41) is 2.52. The monoisotopic (exact) mass is 263 g/mol. The molecule has 98 valence electrons. The van der Waals surface area contributed by atoms with E-state index < -0.39 is 17.7 Å². The van der Waals surface area contributed by atoms with Crippen molar-refractivity contribution in [1.82, 2.24) is 15.3 Å². The predicted molar refractivity (Wildman–Crippen MR) is 64.3 cm³/mol. The van der Waals surface area contributed by atoms with Crippen LogP contribution in [0.3, 0.4) is 0 Å². The number of nitrogens with one attached hydrogen (secondary N) is 1. The highest BCUT2D eigenvalue weighted by Crippen LogP contribution is 2.10. The third kappa shape index (κ3) is 2.90. The largest absolute Gasteiger partial charge is 0.348 e. The fraction of sp³-hybridized carbons (Fsp3) is 0.154. The van der Waals surface area contributed by atoms with Gasteiger partial charge in [0, 0.05) is 25.1 Å². The van der Waals surface area contributed by atoms with Gasteiger partial charge < -0.3 is 5.32 Å². The summed E-state index contributed by atoms with van der Waals surface area (Å²) < 4.78 is 26.2. The summed E-state index contributed by atoms with van der Waals surface area (Å²) in [6, 6.07) is 2.88. The highest BCUT2D eigenvalue weighted by molar-refractivity contribution is 5.94. The molecule has 0 atom stereocenters. The first kappa shape index (κ1) is 13.1. The summed E-state index contributed by atoms with van der Waals surface area (Å²) in [4.78, 5) is 18.8. The van der Waals surface area contributed by atoms with E-state index in [1.165, 1.54) is 0 Å². The Morgan fingerprint density at radius 2 is 2.11 bits per heavy atom. The number of pyridine rings is 2. The molecule has 6 heteroatoms. The third-order valence-corrected chi connectivity index (χ3v) is 2.67. The third-order valence-electron chi connectivity index (χ3n) is 2.67. The molecule has 0 radical (unpaired) electrons. The van der Waals surface area contributed by atoms with Crippen LogP contribution in [-0.4, -0.2) is 15.9 Å². The summed E-state index contributed by atoms with van der Waals surface area (Å²) in [5.41, 5.74) is 1.40. The van der Waals surface area contributed by atoms with Crippen LogP contribution in [0.2, 0.25) is 0 Å². The first-order valence-corrected chi connectivity index (χ1v) is 5.57. The molecule has 0 saturated carbocycles. The zero-order valence-corrected chi connectivity index (χ0v) is 10.2. The second-order valence-electron chi connectivity index (χ2n) is 3.95. The topological polar surface area (TPSA) is 54.9 Å². The highest BCUT2D eigenvalue weighted by Gasteiger charge is 2.15. The summed E-state index contributed by atoms with van der Waals surface area (Å²) in [6.07, 6.45) is 4.31. The van der Waals surface area contributed by atoms with E-state index in [1.807, 2.05) is 6.92 Å². The number of halogens is 2.